The van der Waals surface area contributed by atoms with Gasteiger partial charge in [-0.2, -0.15) is 12.6 Å². The van der Waals surface area contributed by atoms with E-state index in [1.165, 1.54) is 0 Å². The number of thiol groups is 1. The predicted molar refractivity (Wildman–Crippen MR) is 72.3 cm³/mol. The summed E-state index contributed by atoms with van der Waals surface area (Å²) in [5, 5.41) is 0. The van der Waals surface area contributed by atoms with Gasteiger partial charge in [0, 0.05) is 18.3 Å². The number of nitrogens with zero attached hydrogens (tertiary/aromatic N) is 1. The van der Waals surface area contributed by atoms with Crippen LogP contribution in [0.5, 0.6) is 0 Å². The van der Waals surface area contributed by atoms with Gasteiger partial charge in [-0.3, -0.25) is 4.79 Å². The third-order valence-electron chi connectivity index (χ3n) is 3.60. The zero-order valence-electron chi connectivity index (χ0n) is 10.4. The quantitative estimate of drug-likeness (QED) is 0.784. The van der Waals surface area contributed by atoms with Gasteiger partial charge in [0.15, 0.2) is 0 Å². The summed E-state index contributed by atoms with van der Waals surface area (Å²) in [5.41, 5.74) is 1.26. The molecule has 0 aliphatic heterocycles. The van der Waals surface area contributed by atoms with Gasteiger partial charge in [0.05, 0.1) is 0 Å². The SMILES string of the molecule is CCC(CC)(CS)Cn1c(C)cccc1=O. The highest BCUT2D eigenvalue weighted by molar-refractivity contribution is 7.80. The summed E-state index contributed by atoms with van der Waals surface area (Å²) in [4.78, 5) is 11.8. The normalized spacial score (nSPS) is 11.8. The van der Waals surface area contributed by atoms with Crippen LogP contribution >= 0.6 is 12.6 Å². The van der Waals surface area contributed by atoms with Crippen molar-refractivity contribution < 1.29 is 0 Å². The molecule has 0 spiro atoms. The molecule has 0 fully saturated rings. The molecule has 2 nitrogen and oxygen atoms in total. The minimum Gasteiger partial charge on any atom is -0.312 e. The van der Waals surface area contributed by atoms with Crippen molar-refractivity contribution in [2.45, 2.75) is 40.2 Å². The summed E-state index contributed by atoms with van der Waals surface area (Å²) >= 11 is 4.44. The monoisotopic (exact) mass is 239 g/mol. The fourth-order valence-corrected chi connectivity index (χ4v) is 2.46. The molecule has 16 heavy (non-hydrogen) atoms. The van der Waals surface area contributed by atoms with Gasteiger partial charge in [0.1, 0.15) is 0 Å². The van der Waals surface area contributed by atoms with Crippen molar-refractivity contribution in [3.05, 3.63) is 34.2 Å². The Hall–Kier alpha value is -0.700. The van der Waals surface area contributed by atoms with E-state index < -0.39 is 0 Å². The van der Waals surface area contributed by atoms with Crippen LogP contribution in [0, 0.1) is 12.3 Å². The van der Waals surface area contributed by atoms with E-state index in [9.17, 15) is 4.79 Å². The Labute approximate surface area is 103 Å². The first-order valence-electron chi connectivity index (χ1n) is 5.86. The first-order chi connectivity index (χ1) is 7.58. The summed E-state index contributed by atoms with van der Waals surface area (Å²) in [6, 6.07) is 5.42. The van der Waals surface area contributed by atoms with Crippen LogP contribution < -0.4 is 5.56 Å². The van der Waals surface area contributed by atoms with Crippen molar-refractivity contribution in [3.63, 3.8) is 0 Å². The highest BCUT2D eigenvalue weighted by atomic mass is 32.1. The van der Waals surface area contributed by atoms with Crippen LogP contribution in [-0.4, -0.2) is 10.3 Å². The van der Waals surface area contributed by atoms with Crippen molar-refractivity contribution in [2.24, 2.45) is 5.41 Å². The van der Waals surface area contributed by atoms with Crippen LogP contribution in [0.2, 0.25) is 0 Å². The molecule has 0 amide bonds. The molecule has 3 heteroatoms. The molecule has 0 unspecified atom stereocenters. The molecule has 0 aliphatic rings. The van der Waals surface area contributed by atoms with Crippen LogP contribution in [0.4, 0.5) is 0 Å². The first kappa shape index (κ1) is 13.4. The van der Waals surface area contributed by atoms with Crippen molar-refractivity contribution in [3.8, 4) is 0 Å². The number of pyridine rings is 1. The van der Waals surface area contributed by atoms with Gasteiger partial charge < -0.3 is 4.57 Å². The van der Waals surface area contributed by atoms with E-state index in [4.69, 9.17) is 0 Å². The fraction of sp³-hybridized carbons (Fsp3) is 0.615. The van der Waals surface area contributed by atoms with E-state index in [2.05, 4.69) is 26.5 Å². The molecule has 0 aliphatic carbocycles. The maximum absolute atomic E-state index is 11.8. The van der Waals surface area contributed by atoms with Crippen molar-refractivity contribution in [1.29, 1.82) is 0 Å². The van der Waals surface area contributed by atoms with E-state index in [-0.39, 0.29) is 11.0 Å². The van der Waals surface area contributed by atoms with E-state index in [1.807, 2.05) is 23.6 Å². The number of hydrogen-bond donors (Lipinski definition) is 1. The minimum atomic E-state index is 0.0908. The predicted octanol–water partition coefficient (Wildman–Crippen LogP) is 2.89. The average molecular weight is 239 g/mol. The minimum absolute atomic E-state index is 0.0908. The lowest BCUT2D eigenvalue weighted by atomic mass is 9.84. The zero-order valence-corrected chi connectivity index (χ0v) is 11.3. The van der Waals surface area contributed by atoms with Crippen LogP contribution in [0.1, 0.15) is 32.4 Å². The van der Waals surface area contributed by atoms with Gasteiger partial charge in [0.25, 0.3) is 5.56 Å². The van der Waals surface area contributed by atoms with Crippen LogP contribution in [-0.2, 0) is 6.54 Å². The van der Waals surface area contributed by atoms with Gasteiger partial charge in [-0.1, -0.05) is 19.9 Å². The maximum atomic E-state index is 11.8. The third kappa shape index (κ3) is 2.70. The van der Waals surface area contributed by atoms with E-state index in [0.29, 0.717) is 0 Å². The Bertz CT molecular complexity index is 385. The Morgan fingerprint density at radius 3 is 2.38 bits per heavy atom. The standard InChI is InChI=1S/C13H21NOS/c1-4-13(5-2,10-16)9-14-11(3)7-6-8-12(14)15/h6-8,16H,4-5,9-10H2,1-3H3. The molecule has 1 heterocycles. The van der Waals surface area contributed by atoms with Crippen molar-refractivity contribution in [1.82, 2.24) is 4.57 Å². The summed E-state index contributed by atoms with van der Waals surface area (Å²) in [6.45, 7) is 7.09. The molecule has 0 saturated heterocycles. The van der Waals surface area contributed by atoms with Crippen LogP contribution in [0.3, 0.4) is 0 Å². The fourth-order valence-electron chi connectivity index (χ4n) is 1.91. The van der Waals surface area contributed by atoms with Crippen LogP contribution in [0.15, 0.2) is 23.0 Å². The van der Waals surface area contributed by atoms with Crippen LogP contribution in [0.25, 0.3) is 0 Å². The van der Waals surface area contributed by atoms with Crippen molar-refractivity contribution >= 4 is 12.6 Å². The van der Waals surface area contributed by atoms with E-state index in [0.717, 1.165) is 30.8 Å². The highest BCUT2D eigenvalue weighted by Gasteiger charge is 2.25. The molecule has 0 aromatic carbocycles. The summed E-state index contributed by atoms with van der Waals surface area (Å²) in [6.07, 6.45) is 2.10. The second-order valence-electron chi connectivity index (χ2n) is 4.46. The summed E-state index contributed by atoms with van der Waals surface area (Å²) in [5.74, 6) is 0.820. The van der Waals surface area contributed by atoms with Gasteiger partial charge in [-0.25, -0.2) is 0 Å². The Morgan fingerprint density at radius 2 is 1.94 bits per heavy atom. The molecular weight excluding hydrogens is 218 g/mol. The maximum Gasteiger partial charge on any atom is 0.250 e. The van der Waals surface area contributed by atoms with Gasteiger partial charge >= 0.3 is 0 Å². The molecular formula is C13H21NOS. The first-order valence-corrected chi connectivity index (χ1v) is 6.49. The van der Waals surface area contributed by atoms with Gasteiger partial charge in [-0.05, 0) is 37.0 Å². The summed E-state index contributed by atoms with van der Waals surface area (Å²) in [7, 11) is 0. The Kier molecular flexibility index (Phi) is 4.66. The van der Waals surface area contributed by atoms with Crippen molar-refractivity contribution in [2.75, 3.05) is 5.75 Å². The lowest BCUT2D eigenvalue weighted by Crippen LogP contribution is -2.33. The molecule has 90 valence electrons. The molecule has 0 atom stereocenters. The largest absolute Gasteiger partial charge is 0.312 e. The number of hydrogen-bond acceptors (Lipinski definition) is 2. The second-order valence-corrected chi connectivity index (χ2v) is 4.77. The molecule has 0 N–H and O–H groups in total. The molecule has 0 radical (unpaired) electrons. The Balaban J connectivity index is 3.07. The second kappa shape index (κ2) is 5.58. The molecule has 1 aromatic heterocycles. The topological polar surface area (TPSA) is 22.0 Å². The third-order valence-corrected chi connectivity index (χ3v) is 4.27. The smallest absolute Gasteiger partial charge is 0.250 e. The molecule has 0 saturated carbocycles. The number of aromatic nitrogens is 1. The lowest BCUT2D eigenvalue weighted by molar-refractivity contribution is 0.252. The molecule has 1 rings (SSSR count). The molecule has 1 aromatic rings. The molecule has 0 bridgehead atoms. The van der Waals surface area contributed by atoms with Gasteiger partial charge in [-0.15, -0.1) is 0 Å². The summed E-state index contributed by atoms with van der Waals surface area (Å²) < 4.78 is 1.86. The van der Waals surface area contributed by atoms with E-state index >= 15 is 0 Å². The van der Waals surface area contributed by atoms with Gasteiger partial charge in [0.2, 0.25) is 0 Å². The number of rotatable bonds is 5. The lowest BCUT2D eigenvalue weighted by Gasteiger charge is -2.31. The zero-order chi connectivity index (χ0) is 12.2. The Morgan fingerprint density at radius 1 is 1.31 bits per heavy atom. The number of aryl methyl sites for hydroxylation is 1. The van der Waals surface area contributed by atoms with E-state index in [1.54, 1.807) is 6.07 Å². The highest BCUT2D eigenvalue weighted by Crippen LogP contribution is 2.29. The average Bonchev–Trinajstić information content (AvgIpc) is 2.30.